The number of primary amides is 1. The monoisotopic (exact) mass is 206 g/mol. The van der Waals surface area contributed by atoms with Crippen LogP contribution in [0.3, 0.4) is 0 Å². The van der Waals surface area contributed by atoms with Crippen LogP contribution in [-0.2, 0) is 6.54 Å². The van der Waals surface area contributed by atoms with Crippen LogP contribution in [0.2, 0.25) is 0 Å². The number of nitrogens with two attached hydrogens (primary N) is 2. The maximum absolute atomic E-state index is 11.2. The number of carbonyl (C=O) groups excluding carboxylic acids is 1. The molecule has 1 aliphatic carbocycles. The molecule has 0 atom stereocenters. The number of carbonyl (C=O) groups is 1. The molecule has 1 aliphatic rings. The zero-order chi connectivity index (χ0) is 10.8. The Morgan fingerprint density at radius 2 is 2.20 bits per heavy atom. The van der Waals surface area contributed by atoms with Gasteiger partial charge in [0.15, 0.2) is 0 Å². The normalized spacial score (nSPS) is 15.0. The van der Waals surface area contributed by atoms with E-state index in [1.807, 2.05) is 6.07 Å². The van der Waals surface area contributed by atoms with E-state index in [-0.39, 0.29) is 6.10 Å². The number of rotatable bonds is 4. The first kappa shape index (κ1) is 9.98. The van der Waals surface area contributed by atoms with Gasteiger partial charge in [-0.1, -0.05) is 12.1 Å². The van der Waals surface area contributed by atoms with Gasteiger partial charge in [-0.25, -0.2) is 0 Å². The highest BCUT2D eigenvalue weighted by Gasteiger charge is 2.26. The highest BCUT2D eigenvalue weighted by Crippen LogP contribution is 2.31. The Morgan fingerprint density at radius 3 is 2.73 bits per heavy atom. The second kappa shape index (κ2) is 3.90. The number of ether oxygens (including phenoxy) is 1. The quantitative estimate of drug-likeness (QED) is 0.764. The van der Waals surface area contributed by atoms with Gasteiger partial charge in [0.05, 0.1) is 11.7 Å². The summed E-state index contributed by atoms with van der Waals surface area (Å²) in [5.41, 5.74) is 12.1. The minimum atomic E-state index is -0.471. The minimum Gasteiger partial charge on any atom is -0.489 e. The van der Waals surface area contributed by atoms with Crippen LogP contribution in [0, 0.1) is 0 Å². The Kier molecular flexibility index (Phi) is 2.60. The molecule has 0 spiro atoms. The van der Waals surface area contributed by atoms with Gasteiger partial charge in [0, 0.05) is 12.1 Å². The maximum Gasteiger partial charge on any atom is 0.252 e. The summed E-state index contributed by atoms with van der Waals surface area (Å²) in [5, 5.41) is 0. The molecule has 0 unspecified atom stereocenters. The fraction of sp³-hybridized carbons (Fsp3) is 0.364. The van der Waals surface area contributed by atoms with E-state index in [1.165, 1.54) is 0 Å². The summed E-state index contributed by atoms with van der Waals surface area (Å²) in [6, 6.07) is 5.28. The van der Waals surface area contributed by atoms with E-state index in [1.54, 1.807) is 12.1 Å². The van der Waals surface area contributed by atoms with Crippen molar-refractivity contribution in [1.82, 2.24) is 0 Å². The maximum atomic E-state index is 11.2. The lowest BCUT2D eigenvalue weighted by molar-refractivity contribution is 0.0996. The van der Waals surface area contributed by atoms with E-state index < -0.39 is 5.91 Å². The van der Waals surface area contributed by atoms with Gasteiger partial charge in [-0.2, -0.15) is 0 Å². The van der Waals surface area contributed by atoms with Crippen molar-refractivity contribution in [2.75, 3.05) is 0 Å². The highest BCUT2D eigenvalue weighted by molar-refractivity contribution is 5.96. The molecule has 4 nitrogen and oxygen atoms in total. The van der Waals surface area contributed by atoms with Crippen LogP contribution < -0.4 is 16.2 Å². The Bertz CT molecular complexity index is 386. The molecule has 1 amide bonds. The third-order valence-electron chi connectivity index (χ3n) is 2.39. The molecular formula is C11H14N2O2. The molecule has 1 aromatic rings. The lowest BCUT2D eigenvalue weighted by atomic mass is 10.1. The van der Waals surface area contributed by atoms with Crippen molar-refractivity contribution in [3.05, 3.63) is 29.3 Å². The third-order valence-corrected chi connectivity index (χ3v) is 2.39. The smallest absolute Gasteiger partial charge is 0.252 e. The summed E-state index contributed by atoms with van der Waals surface area (Å²) in [5.74, 6) is 0.0935. The van der Waals surface area contributed by atoms with E-state index in [4.69, 9.17) is 16.2 Å². The van der Waals surface area contributed by atoms with Gasteiger partial charge < -0.3 is 16.2 Å². The first-order valence-corrected chi connectivity index (χ1v) is 5.00. The van der Waals surface area contributed by atoms with Crippen LogP contribution >= 0.6 is 0 Å². The Balaban J connectivity index is 2.38. The lowest BCUT2D eigenvalue weighted by Gasteiger charge is -2.12. The van der Waals surface area contributed by atoms with Gasteiger partial charge in [-0.05, 0) is 18.9 Å². The predicted octanol–water partition coefficient (Wildman–Crippen LogP) is 0.785. The zero-order valence-electron chi connectivity index (χ0n) is 8.40. The van der Waals surface area contributed by atoms with Crippen molar-refractivity contribution in [2.45, 2.75) is 25.5 Å². The molecule has 80 valence electrons. The SMILES string of the molecule is NCc1cccc(C(N)=O)c1OC1CC1. The topological polar surface area (TPSA) is 78.3 Å². The number of para-hydroxylation sites is 1. The van der Waals surface area contributed by atoms with Gasteiger partial charge in [0.25, 0.3) is 5.91 Å². The Morgan fingerprint density at radius 1 is 1.47 bits per heavy atom. The summed E-state index contributed by atoms with van der Waals surface area (Å²) in [6.07, 6.45) is 2.31. The molecule has 1 saturated carbocycles. The number of benzene rings is 1. The van der Waals surface area contributed by atoms with Crippen molar-refractivity contribution in [3.8, 4) is 5.75 Å². The van der Waals surface area contributed by atoms with Crippen LogP contribution in [-0.4, -0.2) is 12.0 Å². The molecule has 0 bridgehead atoms. The Hall–Kier alpha value is -1.55. The molecule has 1 fully saturated rings. The molecule has 4 N–H and O–H groups in total. The summed E-state index contributed by atoms with van der Waals surface area (Å²) < 4.78 is 5.66. The standard InChI is InChI=1S/C11H14N2O2/c12-6-7-2-1-3-9(11(13)14)10(7)15-8-4-5-8/h1-3,8H,4-6,12H2,(H2,13,14). The van der Waals surface area contributed by atoms with Gasteiger partial charge in [-0.15, -0.1) is 0 Å². The average molecular weight is 206 g/mol. The molecule has 0 aliphatic heterocycles. The number of hydrogen-bond donors (Lipinski definition) is 2. The second-order valence-electron chi connectivity index (χ2n) is 3.68. The van der Waals surface area contributed by atoms with Gasteiger partial charge in [0.2, 0.25) is 0 Å². The number of hydrogen-bond acceptors (Lipinski definition) is 3. The molecule has 1 aromatic carbocycles. The van der Waals surface area contributed by atoms with E-state index in [2.05, 4.69) is 0 Å². The van der Waals surface area contributed by atoms with Crippen LogP contribution in [0.25, 0.3) is 0 Å². The molecule has 4 heteroatoms. The first-order valence-electron chi connectivity index (χ1n) is 5.00. The molecule has 0 saturated heterocycles. The van der Waals surface area contributed by atoms with Crippen LogP contribution in [0.4, 0.5) is 0 Å². The fourth-order valence-corrected chi connectivity index (χ4v) is 1.43. The van der Waals surface area contributed by atoms with Crippen LogP contribution in [0.5, 0.6) is 5.75 Å². The van der Waals surface area contributed by atoms with Crippen molar-refractivity contribution >= 4 is 5.91 Å². The van der Waals surface area contributed by atoms with Crippen molar-refractivity contribution < 1.29 is 9.53 Å². The highest BCUT2D eigenvalue weighted by atomic mass is 16.5. The summed E-state index contributed by atoms with van der Waals surface area (Å²) in [4.78, 5) is 11.2. The second-order valence-corrected chi connectivity index (χ2v) is 3.68. The van der Waals surface area contributed by atoms with E-state index >= 15 is 0 Å². The van der Waals surface area contributed by atoms with Gasteiger partial charge in [-0.3, -0.25) is 4.79 Å². The molecule has 15 heavy (non-hydrogen) atoms. The lowest BCUT2D eigenvalue weighted by Crippen LogP contribution is -2.15. The van der Waals surface area contributed by atoms with Gasteiger partial charge >= 0.3 is 0 Å². The molecule has 0 aromatic heterocycles. The molecular weight excluding hydrogens is 192 g/mol. The first-order chi connectivity index (χ1) is 7.22. The number of amides is 1. The largest absolute Gasteiger partial charge is 0.489 e. The minimum absolute atomic E-state index is 0.232. The Labute approximate surface area is 88.2 Å². The van der Waals surface area contributed by atoms with E-state index in [0.717, 1.165) is 18.4 Å². The van der Waals surface area contributed by atoms with Crippen LogP contribution in [0.15, 0.2) is 18.2 Å². The van der Waals surface area contributed by atoms with Gasteiger partial charge in [0.1, 0.15) is 5.75 Å². The third kappa shape index (κ3) is 2.10. The van der Waals surface area contributed by atoms with Crippen molar-refractivity contribution in [3.63, 3.8) is 0 Å². The van der Waals surface area contributed by atoms with E-state index in [0.29, 0.717) is 17.9 Å². The fourth-order valence-electron chi connectivity index (χ4n) is 1.43. The van der Waals surface area contributed by atoms with Crippen molar-refractivity contribution in [1.29, 1.82) is 0 Å². The van der Waals surface area contributed by atoms with E-state index in [9.17, 15) is 4.79 Å². The average Bonchev–Trinajstić information content (AvgIpc) is 3.01. The summed E-state index contributed by atoms with van der Waals surface area (Å²) in [6.45, 7) is 0.350. The summed E-state index contributed by atoms with van der Waals surface area (Å²) in [7, 11) is 0. The molecule has 0 heterocycles. The van der Waals surface area contributed by atoms with Crippen molar-refractivity contribution in [2.24, 2.45) is 11.5 Å². The predicted molar refractivity (Wildman–Crippen MR) is 56.5 cm³/mol. The summed E-state index contributed by atoms with van der Waals surface area (Å²) >= 11 is 0. The zero-order valence-corrected chi connectivity index (χ0v) is 8.40. The molecule has 2 rings (SSSR count). The molecule has 0 radical (unpaired) electrons. The van der Waals surface area contributed by atoms with Crippen LogP contribution in [0.1, 0.15) is 28.8 Å².